The first-order chi connectivity index (χ1) is 14.2. The van der Waals surface area contributed by atoms with Gasteiger partial charge in [0.05, 0.1) is 26.9 Å². The highest BCUT2D eigenvalue weighted by Crippen LogP contribution is 2.38. The average Bonchev–Trinajstić information content (AvgIpc) is 2.71. The standard InChI is InChI=1S/C19H19F3N2O6/c1-27-15-6-10(2-3-14(15)30-9-11-8-28-4-5-29-11)12-7-13(17(23)25)18(26)24-16(12)19(20,21)22/h2-3,6-7,11H,4-5,8-9H2,1H3,(H2,23,25)(H,24,26). The number of nitrogens with two attached hydrogens (primary N) is 1. The molecule has 1 aliphatic heterocycles. The third kappa shape index (κ3) is 4.74. The molecule has 0 spiro atoms. The van der Waals surface area contributed by atoms with E-state index in [0.717, 1.165) is 6.07 Å². The van der Waals surface area contributed by atoms with Gasteiger partial charge in [-0.25, -0.2) is 0 Å². The molecule has 0 radical (unpaired) electrons. The van der Waals surface area contributed by atoms with Gasteiger partial charge in [-0.05, 0) is 23.8 Å². The van der Waals surface area contributed by atoms with Crippen LogP contribution in [0.2, 0.25) is 0 Å². The third-order valence-electron chi connectivity index (χ3n) is 4.37. The molecule has 1 aromatic heterocycles. The van der Waals surface area contributed by atoms with Crippen LogP contribution in [0.25, 0.3) is 11.1 Å². The molecular formula is C19H19F3N2O6. The molecule has 1 fully saturated rings. The highest BCUT2D eigenvalue weighted by molar-refractivity contribution is 5.94. The number of hydrogen-bond acceptors (Lipinski definition) is 6. The molecule has 11 heteroatoms. The van der Waals surface area contributed by atoms with Gasteiger partial charge in [0.1, 0.15) is 24.0 Å². The van der Waals surface area contributed by atoms with Gasteiger partial charge in [0.15, 0.2) is 11.5 Å². The fraction of sp³-hybridized carbons (Fsp3) is 0.368. The molecular weight excluding hydrogens is 409 g/mol. The van der Waals surface area contributed by atoms with E-state index in [1.54, 1.807) is 4.98 Å². The number of hydrogen-bond donors (Lipinski definition) is 2. The number of nitrogens with one attached hydrogen (secondary N) is 1. The van der Waals surface area contributed by atoms with Crippen molar-refractivity contribution in [3.63, 3.8) is 0 Å². The molecule has 1 unspecified atom stereocenters. The van der Waals surface area contributed by atoms with Crippen molar-refractivity contribution >= 4 is 5.91 Å². The third-order valence-corrected chi connectivity index (χ3v) is 4.37. The molecule has 30 heavy (non-hydrogen) atoms. The maximum Gasteiger partial charge on any atom is 0.431 e. The van der Waals surface area contributed by atoms with Crippen molar-refractivity contribution in [2.45, 2.75) is 12.3 Å². The number of alkyl halides is 3. The Morgan fingerprint density at radius 3 is 2.63 bits per heavy atom. The van der Waals surface area contributed by atoms with Crippen molar-refractivity contribution in [3.8, 4) is 22.6 Å². The Morgan fingerprint density at radius 1 is 1.27 bits per heavy atom. The van der Waals surface area contributed by atoms with Crippen molar-refractivity contribution in [3.05, 3.63) is 45.9 Å². The van der Waals surface area contributed by atoms with Gasteiger partial charge in [-0.1, -0.05) is 6.07 Å². The lowest BCUT2D eigenvalue weighted by atomic mass is 10.0. The smallest absolute Gasteiger partial charge is 0.431 e. The number of pyridine rings is 1. The molecule has 162 valence electrons. The molecule has 8 nitrogen and oxygen atoms in total. The fourth-order valence-electron chi connectivity index (χ4n) is 2.93. The van der Waals surface area contributed by atoms with E-state index < -0.39 is 34.5 Å². The van der Waals surface area contributed by atoms with E-state index in [9.17, 15) is 22.8 Å². The number of aromatic nitrogens is 1. The minimum absolute atomic E-state index is 0.0440. The Bertz CT molecular complexity index is 983. The van der Waals surface area contributed by atoms with E-state index in [1.165, 1.54) is 25.3 Å². The molecule has 1 atom stereocenters. The van der Waals surface area contributed by atoms with Crippen LogP contribution in [0.15, 0.2) is 29.1 Å². The van der Waals surface area contributed by atoms with Crippen LogP contribution in [-0.4, -0.2) is 50.5 Å². The van der Waals surface area contributed by atoms with Crippen LogP contribution in [0.3, 0.4) is 0 Å². The van der Waals surface area contributed by atoms with Crippen molar-refractivity contribution in [1.29, 1.82) is 0 Å². The summed E-state index contributed by atoms with van der Waals surface area (Å²) in [5.74, 6) is -0.708. The van der Waals surface area contributed by atoms with Crippen LogP contribution < -0.4 is 20.8 Å². The summed E-state index contributed by atoms with van der Waals surface area (Å²) >= 11 is 0. The first kappa shape index (κ1) is 21.7. The Morgan fingerprint density at radius 2 is 2.03 bits per heavy atom. The quantitative estimate of drug-likeness (QED) is 0.728. The molecule has 1 amide bonds. The number of methoxy groups -OCH3 is 1. The highest BCUT2D eigenvalue weighted by atomic mass is 19.4. The van der Waals surface area contributed by atoms with Crippen LogP contribution in [0.5, 0.6) is 11.5 Å². The minimum atomic E-state index is -4.87. The van der Waals surface area contributed by atoms with Gasteiger partial charge in [0.25, 0.3) is 11.5 Å². The number of primary amides is 1. The summed E-state index contributed by atoms with van der Waals surface area (Å²) in [4.78, 5) is 24.9. The van der Waals surface area contributed by atoms with Crippen molar-refractivity contribution in [2.24, 2.45) is 5.73 Å². The number of halogens is 3. The fourth-order valence-corrected chi connectivity index (χ4v) is 2.93. The van der Waals surface area contributed by atoms with E-state index in [4.69, 9.17) is 24.7 Å². The van der Waals surface area contributed by atoms with Gasteiger partial charge < -0.3 is 29.7 Å². The van der Waals surface area contributed by atoms with Crippen LogP contribution in [0, 0.1) is 0 Å². The van der Waals surface area contributed by atoms with Crippen molar-refractivity contribution < 1.29 is 36.9 Å². The molecule has 0 aliphatic carbocycles. The summed E-state index contributed by atoms with van der Waals surface area (Å²) in [5, 5.41) is 0. The number of benzene rings is 1. The molecule has 1 aromatic carbocycles. The zero-order valence-corrected chi connectivity index (χ0v) is 15.9. The lowest BCUT2D eigenvalue weighted by Gasteiger charge is -2.23. The topological polar surface area (TPSA) is 113 Å². The van der Waals surface area contributed by atoms with Crippen molar-refractivity contribution in [1.82, 2.24) is 4.98 Å². The van der Waals surface area contributed by atoms with Crippen LogP contribution >= 0.6 is 0 Å². The zero-order chi connectivity index (χ0) is 21.9. The van der Waals surface area contributed by atoms with Gasteiger partial charge in [-0.3, -0.25) is 9.59 Å². The predicted molar refractivity (Wildman–Crippen MR) is 98.6 cm³/mol. The van der Waals surface area contributed by atoms with Gasteiger partial charge >= 0.3 is 6.18 Å². The van der Waals surface area contributed by atoms with E-state index >= 15 is 0 Å². The second-order valence-corrected chi connectivity index (χ2v) is 6.41. The van der Waals surface area contributed by atoms with E-state index in [1.807, 2.05) is 0 Å². The van der Waals surface area contributed by atoms with Gasteiger partial charge in [-0.15, -0.1) is 0 Å². The van der Waals surface area contributed by atoms with Crippen molar-refractivity contribution in [2.75, 3.05) is 33.5 Å². The Labute approximate surface area is 168 Å². The summed E-state index contributed by atoms with van der Waals surface area (Å²) in [6, 6.07) is 4.89. The Balaban J connectivity index is 1.98. The number of aromatic amines is 1. The van der Waals surface area contributed by atoms with E-state index in [0.29, 0.717) is 19.8 Å². The van der Waals surface area contributed by atoms with Gasteiger partial charge in [-0.2, -0.15) is 13.2 Å². The summed E-state index contributed by atoms with van der Waals surface area (Å²) in [7, 11) is 1.33. The SMILES string of the molecule is COc1cc(-c2cc(C(N)=O)c(=O)[nH]c2C(F)(F)F)ccc1OCC1COCCO1. The van der Waals surface area contributed by atoms with Crippen LogP contribution in [0.1, 0.15) is 16.1 Å². The molecule has 0 saturated carbocycles. The zero-order valence-electron chi connectivity index (χ0n) is 15.9. The highest BCUT2D eigenvalue weighted by Gasteiger charge is 2.36. The summed E-state index contributed by atoms with van der Waals surface area (Å²) in [6.07, 6.45) is -5.15. The number of ether oxygens (including phenoxy) is 4. The van der Waals surface area contributed by atoms with E-state index in [2.05, 4.69) is 0 Å². The summed E-state index contributed by atoms with van der Waals surface area (Å²) in [6.45, 7) is 1.47. The number of rotatable bonds is 6. The normalized spacial score (nSPS) is 16.9. The Kier molecular flexibility index (Phi) is 6.32. The molecule has 1 aliphatic rings. The van der Waals surface area contributed by atoms with Gasteiger partial charge in [0, 0.05) is 5.56 Å². The second kappa shape index (κ2) is 8.76. The maximum atomic E-state index is 13.5. The first-order valence-electron chi connectivity index (χ1n) is 8.85. The first-order valence-corrected chi connectivity index (χ1v) is 8.85. The molecule has 1 saturated heterocycles. The number of carbonyl (C=O) groups is 1. The molecule has 3 rings (SSSR count). The van der Waals surface area contributed by atoms with E-state index in [-0.39, 0.29) is 29.8 Å². The lowest BCUT2D eigenvalue weighted by molar-refractivity contribution is -0.140. The minimum Gasteiger partial charge on any atom is -0.493 e. The molecule has 2 aromatic rings. The number of H-pyrrole nitrogens is 1. The monoisotopic (exact) mass is 428 g/mol. The average molecular weight is 428 g/mol. The summed E-state index contributed by atoms with van der Waals surface area (Å²) in [5.41, 5.74) is 1.60. The number of amides is 1. The van der Waals surface area contributed by atoms with Crippen LogP contribution in [-0.2, 0) is 15.7 Å². The second-order valence-electron chi connectivity index (χ2n) is 6.41. The lowest BCUT2D eigenvalue weighted by Crippen LogP contribution is -2.33. The molecule has 0 bridgehead atoms. The largest absolute Gasteiger partial charge is 0.493 e. The van der Waals surface area contributed by atoms with Crippen LogP contribution in [0.4, 0.5) is 13.2 Å². The predicted octanol–water partition coefficient (Wildman–Crippen LogP) is 1.96. The molecule has 3 N–H and O–H groups in total. The molecule has 2 heterocycles. The maximum absolute atomic E-state index is 13.5. The number of carbonyl (C=O) groups excluding carboxylic acids is 1. The Hall–Kier alpha value is -3.05. The van der Waals surface area contributed by atoms with Gasteiger partial charge in [0.2, 0.25) is 0 Å². The summed E-state index contributed by atoms with van der Waals surface area (Å²) < 4.78 is 62.0.